The zero-order chi connectivity index (χ0) is 16.4. The van der Waals surface area contributed by atoms with E-state index in [1.807, 2.05) is 0 Å². The Balaban J connectivity index is 1.57. The molecular weight excluding hydrogens is 318 g/mol. The highest BCUT2D eigenvalue weighted by molar-refractivity contribution is 6.30. The molecule has 1 aliphatic heterocycles. The molecule has 0 bridgehead atoms. The number of benzene rings is 2. The van der Waals surface area contributed by atoms with Crippen molar-refractivity contribution in [1.82, 2.24) is 0 Å². The van der Waals surface area contributed by atoms with Gasteiger partial charge in [0, 0.05) is 17.0 Å². The molecule has 118 valence electrons. The number of fused-ring (bicyclic) bond motifs is 1. The fourth-order valence-corrected chi connectivity index (χ4v) is 2.56. The number of amides is 1. The maximum absolute atomic E-state index is 12.1. The second-order valence-corrected chi connectivity index (χ2v) is 5.67. The van der Waals surface area contributed by atoms with E-state index >= 15 is 0 Å². The number of primary amides is 1. The fraction of sp³-hybridized carbons (Fsp3) is 0.176. The van der Waals surface area contributed by atoms with Crippen molar-refractivity contribution < 1.29 is 19.1 Å². The third-order valence-corrected chi connectivity index (χ3v) is 3.81. The maximum atomic E-state index is 12.1. The van der Waals surface area contributed by atoms with Gasteiger partial charge in [-0.1, -0.05) is 23.7 Å². The minimum absolute atomic E-state index is 0.106. The van der Waals surface area contributed by atoms with Crippen LogP contribution in [0.15, 0.2) is 42.5 Å². The molecule has 0 spiro atoms. The van der Waals surface area contributed by atoms with Crippen molar-refractivity contribution in [2.45, 2.75) is 19.1 Å². The van der Waals surface area contributed by atoms with Crippen LogP contribution in [0.2, 0.25) is 5.02 Å². The van der Waals surface area contributed by atoms with Gasteiger partial charge in [0.15, 0.2) is 6.10 Å². The van der Waals surface area contributed by atoms with Gasteiger partial charge in [0.05, 0.1) is 0 Å². The molecule has 1 aliphatic rings. The van der Waals surface area contributed by atoms with Gasteiger partial charge in [0.2, 0.25) is 5.91 Å². The highest BCUT2D eigenvalue weighted by Gasteiger charge is 2.30. The number of esters is 1. The normalized spacial score (nSPS) is 15.6. The van der Waals surface area contributed by atoms with Crippen molar-refractivity contribution >= 4 is 23.5 Å². The first-order valence-corrected chi connectivity index (χ1v) is 7.41. The van der Waals surface area contributed by atoms with Crippen LogP contribution in [-0.2, 0) is 22.6 Å². The van der Waals surface area contributed by atoms with E-state index in [4.69, 9.17) is 26.8 Å². The lowest BCUT2D eigenvalue weighted by Gasteiger charge is -2.10. The van der Waals surface area contributed by atoms with E-state index in [9.17, 15) is 9.59 Å². The van der Waals surface area contributed by atoms with Gasteiger partial charge in [-0.25, -0.2) is 4.79 Å². The average Bonchev–Trinajstić information content (AvgIpc) is 2.96. The van der Waals surface area contributed by atoms with Gasteiger partial charge in [-0.2, -0.15) is 0 Å². The van der Waals surface area contributed by atoms with Crippen molar-refractivity contribution in [3.63, 3.8) is 0 Å². The SMILES string of the molecule is NC(=O)c1ccc(COC(=O)C2Cc3cc(Cl)ccc3O2)cc1. The lowest BCUT2D eigenvalue weighted by Crippen LogP contribution is -2.27. The first kappa shape index (κ1) is 15.4. The highest BCUT2D eigenvalue weighted by Crippen LogP contribution is 2.31. The molecule has 0 aromatic heterocycles. The number of rotatable bonds is 4. The van der Waals surface area contributed by atoms with Gasteiger partial charge in [-0.05, 0) is 41.5 Å². The van der Waals surface area contributed by atoms with Crippen LogP contribution in [0.3, 0.4) is 0 Å². The number of nitrogens with two attached hydrogens (primary N) is 1. The Labute approximate surface area is 138 Å². The number of halogens is 1. The Kier molecular flexibility index (Phi) is 4.21. The number of carbonyl (C=O) groups excluding carboxylic acids is 2. The molecule has 1 atom stereocenters. The smallest absolute Gasteiger partial charge is 0.348 e. The summed E-state index contributed by atoms with van der Waals surface area (Å²) in [7, 11) is 0. The van der Waals surface area contributed by atoms with E-state index in [-0.39, 0.29) is 6.61 Å². The molecule has 2 aromatic rings. The molecule has 0 radical (unpaired) electrons. The summed E-state index contributed by atoms with van der Waals surface area (Å²) >= 11 is 5.92. The van der Waals surface area contributed by atoms with Crippen LogP contribution in [0.25, 0.3) is 0 Å². The van der Waals surface area contributed by atoms with Gasteiger partial charge in [0.25, 0.3) is 0 Å². The van der Waals surface area contributed by atoms with Crippen molar-refractivity contribution in [3.8, 4) is 5.75 Å². The van der Waals surface area contributed by atoms with Crippen LogP contribution < -0.4 is 10.5 Å². The predicted molar refractivity (Wildman–Crippen MR) is 84.3 cm³/mol. The highest BCUT2D eigenvalue weighted by atomic mass is 35.5. The van der Waals surface area contributed by atoms with Crippen molar-refractivity contribution in [2.75, 3.05) is 0 Å². The summed E-state index contributed by atoms with van der Waals surface area (Å²) in [6.45, 7) is 0.106. The lowest BCUT2D eigenvalue weighted by atomic mass is 10.1. The van der Waals surface area contributed by atoms with Crippen LogP contribution in [-0.4, -0.2) is 18.0 Å². The Morgan fingerprint density at radius 1 is 1.22 bits per heavy atom. The molecular formula is C17H14ClNO4. The molecule has 3 rings (SSSR count). The Bertz CT molecular complexity index is 758. The summed E-state index contributed by atoms with van der Waals surface area (Å²) in [6.07, 6.45) is -0.219. The summed E-state index contributed by atoms with van der Waals surface area (Å²) in [6, 6.07) is 11.8. The number of hydrogen-bond acceptors (Lipinski definition) is 4. The summed E-state index contributed by atoms with van der Waals surface area (Å²) < 4.78 is 10.8. The third-order valence-electron chi connectivity index (χ3n) is 3.58. The minimum Gasteiger partial charge on any atom is -0.478 e. The van der Waals surface area contributed by atoms with Gasteiger partial charge in [-0.3, -0.25) is 4.79 Å². The molecule has 0 saturated carbocycles. The van der Waals surface area contributed by atoms with Gasteiger partial charge >= 0.3 is 5.97 Å². The molecule has 0 saturated heterocycles. The van der Waals surface area contributed by atoms with Gasteiger partial charge < -0.3 is 15.2 Å². The average molecular weight is 332 g/mol. The Morgan fingerprint density at radius 2 is 1.96 bits per heavy atom. The predicted octanol–water partition coefficient (Wildman–Crippen LogP) is 2.49. The zero-order valence-electron chi connectivity index (χ0n) is 12.1. The van der Waals surface area contributed by atoms with E-state index in [1.54, 1.807) is 42.5 Å². The molecule has 2 aromatic carbocycles. The number of hydrogen-bond donors (Lipinski definition) is 1. The second kappa shape index (κ2) is 6.30. The van der Waals surface area contributed by atoms with Crippen molar-refractivity contribution in [2.24, 2.45) is 5.73 Å². The van der Waals surface area contributed by atoms with Crippen molar-refractivity contribution in [3.05, 3.63) is 64.2 Å². The summed E-state index contributed by atoms with van der Waals surface area (Å²) in [5.41, 5.74) is 7.24. The van der Waals surface area contributed by atoms with Crippen LogP contribution >= 0.6 is 11.6 Å². The topological polar surface area (TPSA) is 78.6 Å². The Morgan fingerprint density at radius 3 is 2.65 bits per heavy atom. The van der Waals surface area contributed by atoms with Gasteiger partial charge in [0.1, 0.15) is 12.4 Å². The van der Waals surface area contributed by atoms with E-state index in [0.29, 0.717) is 22.8 Å². The summed E-state index contributed by atoms with van der Waals surface area (Å²) in [4.78, 5) is 23.1. The standard InChI is InChI=1S/C17H14ClNO4/c18-13-5-6-14-12(7-13)8-15(23-14)17(21)22-9-10-1-3-11(4-2-10)16(19)20/h1-7,15H,8-9H2,(H2,19,20). The summed E-state index contributed by atoms with van der Waals surface area (Å²) in [5.74, 6) is -0.275. The minimum atomic E-state index is -0.659. The molecule has 5 nitrogen and oxygen atoms in total. The largest absolute Gasteiger partial charge is 0.478 e. The maximum Gasteiger partial charge on any atom is 0.348 e. The quantitative estimate of drug-likeness (QED) is 0.873. The van der Waals surface area contributed by atoms with E-state index in [2.05, 4.69) is 0 Å². The monoisotopic (exact) mass is 331 g/mol. The Hall–Kier alpha value is -2.53. The second-order valence-electron chi connectivity index (χ2n) is 5.23. The van der Waals surface area contributed by atoms with Crippen molar-refractivity contribution in [1.29, 1.82) is 0 Å². The molecule has 0 fully saturated rings. The van der Waals surface area contributed by atoms with E-state index < -0.39 is 18.0 Å². The summed E-state index contributed by atoms with van der Waals surface area (Å²) in [5, 5.41) is 0.607. The molecule has 6 heteroatoms. The molecule has 1 heterocycles. The van der Waals surface area contributed by atoms with E-state index in [1.165, 1.54) is 0 Å². The molecule has 23 heavy (non-hydrogen) atoms. The third kappa shape index (κ3) is 3.46. The molecule has 1 amide bonds. The molecule has 1 unspecified atom stereocenters. The number of ether oxygens (including phenoxy) is 2. The lowest BCUT2D eigenvalue weighted by molar-refractivity contribution is -0.152. The fourth-order valence-electron chi connectivity index (χ4n) is 2.36. The number of carbonyl (C=O) groups is 2. The van der Waals surface area contributed by atoms with Crippen LogP contribution in [0.4, 0.5) is 0 Å². The van der Waals surface area contributed by atoms with Crippen LogP contribution in [0, 0.1) is 0 Å². The molecule has 0 aliphatic carbocycles. The van der Waals surface area contributed by atoms with Gasteiger partial charge in [-0.15, -0.1) is 0 Å². The van der Waals surface area contributed by atoms with E-state index in [0.717, 1.165) is 11.1 Å². The zero-order valence-corrected chi connectivity index (χ0v) is 12.9. The van der Waals surface area contributed by atoms with Crippen LogP contribution in [0.1, 0.15) is 21.5 Å². The first-order chi connectivity index (χ1) is 11.0. The molecule has 2 N–H and O–H groups in total. The van der Waals surface area contributed by atoms with Crippen LogP contribution in [0.5, 0.6) is 5.75 Å². The first-order valence-electron chi connectivity index (χ1n) is 7.03.